The third-order valence-electron chi connectivity index (χ3n) is 3.26. The van der Waals surface area contributed by atoms with Crippen LogP contribution in [0.25, 0.3) is 22.4 Å². The standard InChI is InChI=1S/C13H11N2.C5H5.Fe/c1-15-12-9-5-4-8-11(12)14-13(15)10-6-2-3-7-10;1-2-4-5-3-1;/h2-9H,1H3;1-5H;/q-1;-5;. The van der Waals surface area contributed by atoms with E-state index in [1.54, 1.807) is 0 Å². The average Bonchev–Trinajstić information content (AvgIpc) is 3.23. The predicted molar refractivity (Wildman–Crippen MR) is 83.8 cm³/mol. The first kappa shape index (κ1) is 15.3. The fraction of sp³-hybridized carbons (Fsp3) is 0.0556. The molecule has 21 heavy (non-hydrogen) atoms. The van der Waals surface area contributed by atoms with E-state index in [0.29, 0.717) is 0 Å². The Morgan fingerprint density at radius 2 is 1.48 bits per heavy atom. The Morgan fingerprint density at radius 3 is 2.05 bits per heavy atom. The van der Waals surface area contributed by atoms with E-state index in [0.717, 1.165) is 11.3 Å². The van der Waals surface area contributed by atoms with Crippen LogP contribution in [0.2, 0.25) is 0 Å². The molecule has 0 bridgehead atoms. The van der Waals surface area contributed by atoms with Crippen molar-refractivity contribution in [1.29, 1.82) is 0 Å². The van der Waals surface area contributed by atoms with Gasteiger partial charge in [-0.05, 0) is 12.1 Å². The number of aromatic nitrogens is 2. The van der Waals surface area contributed by atoms with Crippen LogP contribution in [0.15, 0.2) is 78.9 Å². The van der Waals surface area contributed by atoms with Crippen LogP contribution in [0.4, 0.5) is 0 Å². The van der Waals surface area contributed by atoms with Crippen LogP contribution < -0.4 is 0 Å². The summed E-state index contributed by atoms with van der Waals surface area (Å²) < 4.78 is 2.13. The van der Waals surface area contributed by atoms with Crippen molar-refractivity contribution in [1.82, 2.24) is 9.55 Å². The zero-order valence-corrected chi connectivity index (χ0v) is 12.9. The van der Waals surface area contributed by atoms with Gasteiger partial charge in [-0.1, -0.05) is 17.7 Å². The summed E-state index contributed by atoms with van der Waals surface area (Å²) in [4.78, 5) is 4.62. The summed E-state index contributed by atoms with van der Waals surface area (Å²) in [6.45, 7) is 0. The van der Waals surface area contributed by atoms with Crippen molar-refractivity contribution in [3.8, 4) is 11.4 Å². The van der Waals surface area contributed by atoms with Gasteiger partial charge in [-0.15, -0.1) is 0 Å². The van der Waals surface area contributed by atoms with Crippen LogP contribution in [0.5, 0.6) is 0 Å². The number of nitrogens with zero attached hydrogens (tertiary/aromatic N) is 2. The third-order valence-corrected chi connectivity index (χ3v) is 3.26. The number of hydrogen-bond donors (Lipinski definition) is 0. The second-order valence-electron chi connectivity index (χ2n) is 4.62. The molecule has 112 valence electrons. The second-order valence-corrected chi connectivity index (χ2v) is 4.62. The monoisotopic (exact) mass is 316 g/mol. The minimum Gasteiger partial charge on any atom is -0.748 e. The molecule has 0 fully saturated rings. The molecule has 3 aromatic carbocycles. The van der Waals surface area contributed by atoms with Crippen molar-refractivity contribution >= 4 is 11.0 Å². The maximum atomic E-state index is 4.62. The SMILES string of the molecule is Cn1c(-[c-]2cccc2)nc2ccccc21.[Fe].[cH-]1[cH-][cH-][cH-][cH-]1. The van der Waals surface area contributed by atoms with Gasteiger partial charge < -0.3 is 34.9 Å². The Hall–Kier alpha value is -2.09. The van der Waals surface area contributed by atoms with Crippen molar-refractivity contribution in [3.05, 3.63) is 78.9 Å². The predicted octanol–water partition coefficient (Wildman–Crippen LogP) is 4.36. The Balaban J connectivity index is 0.000000231. The summed E-state index contributed by atoms with van der Waals surface area (Å²) in [5, 5.41) is 0. The Bertz CT molecular complexity index is 748. The minimum atomic E-state index is 0. The first-order valence-electron chi connectivity index (χ1n) is 6.66. The van der Waals surface area contributed by atoms with Crippen molar-refractivity contribution in [2.45, 2.75) is 0 Å². The van der Waals surface area contributed by atoms with E-state index in [4.69, 9.17) is 0 Å². The molecular weight excluding hydrogens is 300 g/mol. The fourth-order valence-corrected chi connectivity index (χ4v) is 2.25. The number of hydrogen-bond acceptors (Lipinski definition) is 1. The van der Waals surface area contributed by atoms with Crippen molar-refractivity contribution in [3.63, 3.8) is 0 Å². The van der Waals surface area contributed by atoms with Gasteiger partial charge in [-0.3, -0.25) is 0 Å². The molecule has 2 nitrogen and oxygen atoms in total. The molecule has 0 atom stereocenters. The van der Waals surface area contributed by atoms with E-state index in [-0.39, 0.29) is 17.1 Å². The zero-order chi connectivity index (χ0) is 13.8. The van der Waals surface area contributed by atoms with E-state index in [9.17, 15) is 0 Å². The molecule has 1 heterocycles. The second kappa shape index (κ2) is 7.07. The van der Waals surface area contributed by atoms with Crippen LogP contribution in [0.3, 0.4) is 0 Å². The van der Waals surface area contributed by atoms with Gasteiger partial charge in [0.05, 0.1) is 16.9 Å². The fourth-order valence-electron chi connectivity index (χ4n) is 2.25. The number of fused-ring (bicyclic) bond motifs is 1. The van der Waals surface area contributed by atoms with Crippen LogP contribution in [0.1, 0.15) is 0 Å². The van der Waals surface area contributed by atoms with E-state index in [1.165, 1.54) is 11.1 Å². The third kappa shape index (κ3) is 3.33. The van der Waals surface area contributed by atoms with Crippen molar-refractivity contribution in [2.24, 2.45) is 7.05 Å². The van der Waals surface area contributed by atoms with Crippen molar-refractivity contribution < 1.29 is 17.1 Å². The molecule has 0 unspecified atom stereocenters. The molecule has 0 saturated carbocycles. The molecular formula is C18H16FeN2-6. The summed E-state index contributed by atoms with van der Waals surface area (Å²) >= 11 is 0. The van der Waals surface area contributed by atoms with Crippen LogP contribution in [-0.4, -0.2) is 9.55 Å². The molecule has 1 aromatic heterocycles. The molecule has 0 N–H and O–H groups in total. The van der Waals surface area contributed by atoms with Crippen LogP contribution >= 0.6 is 0 Å². The molecule has 0 radical (unpaired) electrons. The molecule has 3 heteroatoms. The maximum Gasteiger partial charge on any atom is 0.0878 e. The first-order valence-corrected chi connectivity index (χ1v) is 6.66. The normalized spacial score (nSPS) is 9.76. The molecule has 4 aromatic rings. The Labute approximate surface area is 135 Å². The summed E-state index contributed by atoms with van der Waals surface area (Å²) in [6.07, 6.45) is 0. The smallest absolute Gasteiger partial charge is 0.0878 e. The van der Waals surface area contributed by atoms with Gasteiger partial charge in [-0.2, -0.15) is 12.1 Å². The van der Waals surface area contributed by atoms with Gasteiger partial charge in [0.1, 0.15) is 0 Å². The molecule has 4 rings (SSSR count). The summed E-state index contributed by atoms with van der Waals surface area (Å²) in [5.41, 5.74) is 3.40. The van der Waals surface area contributed by atoms with E-state index < -0.39 is 0 Å². The number of aryl methyl sites for hydroxylation is 1. The van der Waals surface area contributed by atoms with Crippen molar-refractivity contribution in [2.75, 3.05) is 0 Å². The topological polar surface area (TPSA) is 17.8 Å². The van der Waals surface area contributed by atoms with Gasteiger partial charge in [0.2, 0.25) is 0 Å². The molecule has 0 saturated heterocycles. The summed E-state index contributed by atoms with van der Waals surface area (Å²) in [7, 11) is 2.05. The quantitative estimate of drug-likeness (QED) is 0.377. The number of benzene rings is 1. The summed E-state index contributed by atoms with van der Waals surface area (Å²) in [5.74, 6) is 1.03. The molecule has 0 aliphatic rings. The average molecular weight is 316 g/mol. The zero-order valence-electron chi connectivity index (χ0n) is 11.8. The van der Waals surface area contributed by atoms with E-state index in [1.807, 2.05) is 60.7 Å². The van der Waals surface area contributed by atoms with E-state index in [2.05, 4.69) is 34.8 Å². The first-order chi connectivity index (χ1) is 9.86. The maximum absolute atomic E-state index is 4.62. The van der Waals surface area contributed by atoms with Gasteiger partial charge in [0, 0.05) is 24.1 Å². The number of para-hydroxylation sites is 2. The van der Waals surface area contributed by atoms with Crippen LogP contribution in [0, 0.1) is 0 Å². The Kier molecular flexibility index (Phi) is 5.15. The summed E-state index contributed by atoms with van der Waals surface area (Å²) in [6, 6.07) is 26.4. The Morgan fingerprint density at radius 1 is 0.905 bits per heavy atom. The van der Waals surface area contributed by atoms with Crippen LogP contribution in [-0.2, 0) is 24.1 Å². The van der Waals surface area contributed by atoms with E-state index >= 15 is 0 Å². The van der Waals surface area contributed by atoms with Gasteiger partial charge in [0.25, 0.3) is 0 Å². The minimum absolute atomic E-state index is 0. The molecule has 0 aliphatic heterocycles. The van der Waals surface area contributed by atoms with Gasteiger partial charge in [-0.25, -0.2) is 17.1 Å². The molecule has 0 spiro atoms. The van der Waals surface area contributed by atoms with Gasteiger partial charge in [0.15, 0.2) is 0 Å². The largest absolute Gasteiger partial charge is 0.748 e. The number of imidazole rings is 1. The molecule has 0 aliphatic carbocycles. The number of rotatable bonds is 1. The van der Waals surface area contributed by atoms with Gasteiger partial charge >= 0.3 is 0 Å². The molecule has 0 amide bonds.